The number of aromatic nitrogens is 3. The molecule has 0 spiro atoms. The number of hydrogen-bond donors (Lipinski definition) is 1. The van der Waals surface area contributed by atoms with Crippen LogP contribution in [-0.2, 0) is 5.75 Å². The number of halogens is 1. The van der Waals surface area contributed by atoms with E-state index >= 15 is 0 Å². The van der Waals surface area contributed by atoms with Crippen molar-refractivity contribution < 1.29 is 4.39 Å². The third-order valence-electron chi connectivity index (χ3n) is 2.72. The maximum Gasteiger partial charge on any atom is 0.344 e. The molecule has 1 heterocycles. The smallest absolute Gasteiger partial charge is 0.268 e. The molecule has 1 aromatic carbocycles. The lowest BCUT2D eigenvalue weighted by molar-refractivity contribution is 0.534. The number of rotatable bonds is 4. The Morgan fingerprint density at radius 2 is 2.30 bits per heavy atom. The molecule has 104 valence electrons. The molecule has 0 fully saturated rings. The molecule has 2 rings (SSSR count). The Morgan fingerprint density at radius 3 is 2.95 bits per heavy atom. The molecule has 0 bridgehead atoms. The lowest BCUT2D eigenvalue weighted by Gasteiger charge is -2.08. The molecule has 5 nitrogen and oxygen atoms in total. The monoisotopic (exact) mass is 292 g/mol. The van der Waals surface area contributed by atoms with Crippen LogP contribution in [-0.4, -0.2) is 14.8 Å². The van der Waals surface area contributed by atoms with Gasteiger partial charge in [-0.1, -0.05) is 11.8 Å². The SMILES string of the molecule is CC(C)n1c(SCc2cc(C#N)ccc2F)n[nH]c1=O. The highest BCUT2D eigenvalue weighted by molar-refractivity contribution is 7.98. The summed E-state index contributed by atoms with van der Waals surface area (Å²) >= 11 is 1.25. The van der Waals surface area contributed by atoms with Crippen LogP contribution >= 0.6 is 11.8 Å². The van der Waals surface area contributed by atoms with E-state index in [9.17, 15) is 9.18 Å². The van der Waals surface area contributed by atoms with Crippen LogP contribution in [0.4, 0.5) is 4.39 Å². The van der Waals surface area contributed by atoms with Crippen LogP contribution in [0.2, 0.25) is 0 Å². The molecular formula is C13H13FN4OS. The van der Waals surface area contributed by atoms with E-state index < -0.39 is 0 Å². The highest BCUT2D eigenvalue weighted by Crippen LogP contribution is 2.23. The number of hydrogen-bond acceptors (Lipinski definition) is 4. The van der Waals surface area contributed by atoms with Crippen molar-refractivity contribution in [2.75, 3.05) is 0 Å². The van der Waals surface area contributed by atoms with Crippen molar-refractivity contribution >= 4 is 11.8 Å². The Morgan fingerprint density at radius 1 is 1.55 bits per heavy atom. The highest BCUT2D eigenvalue weighted by atomic mass is 32.2. The summed E-state index contributed by atoms with van der Waals surface area (Å²) in [5.74, 6) is -0.0660. The van der Waals surface area contributed by atoms with Crippen molar-refractivity contribution in [2.24, 2.45) is 0 Å². The first-order valence-corrected chi connectivity index (χ1v) is 6.99. The standard InChI is InChI=1S/C13H13FN4OS/c1-8(2)18-12(19)16-17-13(18)20-7-10-5-9(6-15)3-4-11(10)14/h3-5,8H,7H2,1-2H3,(H,16,19). The molecular weight excluding hydrogens is 279 g/mol. The van der Waals surface area contributed by atoms with E-state index in [1.165, 1.54) is 34.5 Å². The van der Waals surface area contributed by atoms with E-state index in [0.29, 0.717) is 22.0 Å². The van der Waals surface area contributed by atoms with Gasteiger partial charge in [0.05, 0.1) is 11.6 Å². The third-order valence-corrected chi connectivity index (χ3v) is 3.72. The fourth-order valence-electron chi connectivity index (χ4n) is 1.74. The summed E-state index contributed by atoms with van der Waals surface area (Å²) in [5.41, 5.74) is 0.541. The molecule has 0 amide bonds. The van der Waals surface area contributed by atoms with E-state index in [2.05, 4.69) is 10.2 Å². The lowest BCUT2D eigenvalue weighted by atomic mass is 10.1. The molecule has 0 radical (unpaired) electrons. The zero-order chi connectivity index (χ0) is 14.7. The Bertz CT molecular complexity index is 714. The fourth-order valence-corrected chi connectivity index (χ4v) is 2.79. The zero-order valence-corrected chi connectivity index (χ0v) is 11.9. The van der Waals surface area contributed by atoms with Crippen molar-refractivity contribution in [1.82, 2.24) is 14.8 Å². The number of benzene rings is 1. The van der Waals surface area contributed by atoms with Crippen LogP contribution in [0.25, 0.3) is 0 Å². The summed E-state index contributed by atoms with van der Waals surface area (Å²) in [4.78, 5) is 11.6. The summed E-state index contributed by atoms with van der Waals surface area (Å²) in [5, 5.41) is 15.6. The van der Waals surface area contributed by atoms with Gasteiger partial charge in [0.1, 0.15) is 5.82 Å². The van der Waals surface area contributed by atoms with Gasteiger partial charge in [-0.3, -0.25) is 4.57 Å². The molecule has 0 aliphatic carbocycles. The number of thioether (sulfide) groups is 1. The molecule has 0 aliphatic rings. The Hall–Kier alpha value is -2.07. The van der Waals surface area contributed by atoms with Crippen LogP contribution in [0.1, 0.15) is 31.0 Å². The molecule has 7 heteroatoms. The minimum Gasteiger partial charge on any atom is -0.268 e. The van der Waals surface area contributed by atoms with Gasteiger partial charge in [0.15, 0.2) is 5.16 Å². The molecule has 1 aromatic heterocycles. The van der Waals surface area contributed by atoms with Gasteiger partial charge in [0.25, 0.3) is 0 Å². The van der Waals surface area contributed by atoms with E-state index in [-0.39, 0.29) is 17.5 Å². The number of aromatic amines is 1. The summed E-state index contributed by atoms with van der Waals surface area (Å²) in [6, 6.07) is 6.16. The lowest BCUT2D eigenvalue weighted by Crippen LogP contribution is -2.19. The summed E-state index contributed by atoms with van der Waals surface area (Å²) < 4.78 is 15.2. The van der Waals surface area contributed by atoms with Crippen molar-refractivity contribution in [3.63, 3.8) is 0 Å². The maximum atomic E-state index is 13.7. The van der Waals surface area contributed by atoms with Gasteiger partial charge in [-0.15, -0.1) is 5.10 Å². The van der Waals surface area contributed by atoms with Gasteiger partial charge in [-0.2, -0.15) is 5.26 Å². The van der Waals surface area contributed by atoms with Crippen molar-refractivity contribution in [2.45, 2.75) is 30.8 Å². The summed E-state index contributed by atoms with van der Waals surface area (Å²) in [7, 11) is 0. The minimum atomic E-state index is -0.370. The average molecular weight is 292 g/mol. The Balaban J connectivity index is 2.22. The van der Waals surface area contributed by atoms with Crippen LogP contribution in [0.5, 0.6) is 0 Å². The second-order valence-electron chi connectivity index (χ2n) is 4.48. The van der Waals surface area contributed by atoms with Crippen molar-refractivity contribution in [1.29, 1.82) is 5.26 Å². The number of H-pyrrole nitrogens is 1. The predicted octanol–water partition coefficient (Wildman–Crippen LogP) is 2.46. The molecule has 0 saturated carbocycles. The van der Waals surface area contributed by atoms with Crippen LogP contribution in [0.3, 0.4) is 0 Å². The number of nitriles is 1. The first-order chi connectivity index (χ1) is 9.52. The number of nitrogens with one attached hydrogen (secondary N) is 1. The maximum absolute atomic E-state index is 13.7. The molecule has 0 saturated heterocycles. The fraction of sp³-hybridized carbons (Fsp3) is 0.308. The molecule has 0 unspecified atom stereocenters. The van der Waals surface area contributed by atoms with Crippen LogP contribution in [0.15, 0.2) is 28.2 Å². The van der Waals surface area contributed by atoms with Gasteiger partial charge in [-0.25, -0.2) is 14.3 Å². The Kier molecular flexibility index (Phi) is 4.25. The largest absolute Gasteiger partial charge is 0.344 e. The highest BCUT2D eigenvalue weighted by Gasteiger charge is 2.13. The summed E-state index contributed by atoms with van der Waals surface area (Å²) in [6.45, 7) is 3.75. The van der Waals surface area contributed by atoms with Crippen molar-refractivity contribution in [3.8, 4) is 6.07 Å². The Labute approximate surface area is 119 Å². The first kappa shape index (κ1) is 14.3. The molecule has 20 heavy (non-hydrogen) atoms. The zero-order valence-electron chi connectivity index (χ0n) is 11.1. The quantitative estimate of drug-likeness (QED) is 0.878. The van der Waals surface area contributed by atoms with Crippen LogP contribution in [0, 0.1) is 17.1 Å². The van der Waals surface area contributed by atoms with Gasteiger partial charge >= 0.3 is 5.69 Å². The predicted molar refractivity (Wildman–Crippen MR) is 73.9 cm³/mol. The van der Waals surface area contributed by atoms with E-state index in [0.717, 1.165) is 0 Å². The molecule has 1 N–H and O–H groups in total. The molecule has 2 aromatic rings. The van der Waals surface area contributed by atoms with Gasteiger partial charge < -0.3 is 0 Å². The number of nitrogens with zero attached hydrogens (tertiary/aromatic N) is 3. The van der Waals surface area contributed by atoms with E-state index in [4.69, 9.17) is 5.26 Å². The van der Waals surface area contributed by atoms with Crippen LogP contribution < -0.4 is 5.69 Å². The molecule has 0 aliphatic heterocycles. The van der Waals surface area contributed by atoms with E-state index in [1.807, 2.05) is 19.9 Å². The van der Waals surface area contributed by atoms with Crippen molar-refractivity contribution in [3.05, 3.63) is 45.6 Å². The van der Waals surface area contributed by atoms with E-state index in [1.54, 1.807) is 0 Å². The third kappa shape index (κ3) is 2.91. The second kappa shape index (κ2) is 5.92. The van der Waals surface area contributed by atoms with Gasteiger partial charge in [0.2, 0.25) is 0 Å². The topological polar surface area (TPSA) is 74.5 Å². The average Bonchev–Trinajstić information content (AvgIpc) is 2.79. The second-order valence-corrected chi connectivity index (χ2v) is 5.42. The van der Waals surface area contributed by atoms with Gasteiger partial charge in [0, 0.05) is 11.8 Å². The minimum absolute atomic E-state index is 0.0287. The van der Waals surface area contributed by atoms with Gasteiger partial charge in [-0.05, 0) is 37.6 Å². The normalized spacial score (nSPS) is 10.8. The first-order valence-electron chi connectivity index (χ1n) is 6.01. The molecule has 0 atom stereocenters. The summed E-state index contributed by atoms with van der Waals surface area (Å²) in [6.07, 6.45) is 0.